The maximum Gasteiger partial charge on any atom is 0.0100 e. The van der Waals surface area contributed by atoms with E-state index in [0.717, 1.165) is 30.3 Å². The van der Waals surface area contributed by atoms with Crippen molar-refractivity contribution in [1.82, 2.24) is 5.32 Å². The molecule has 0 spiro atoms. The molecule has 112 valence electrons. The van der Waals surface area contributed by atoms with Gasteiger partial charge in [-0.15, -0.1) is 0 Å². The summed E-state index contributed by atoms with van der Waals surface area (Å²) in [5, 5.41) is 3.86. The molecule has 0 bridgehead atoms. The largest absolute Gasteiger partial charge is 0.314 e. The summed E-state index contributed by atoms with van der Waals surface area (Å²) in [6.07, 6.45) is 16.3. The molecule has 1 N–H and O–H groups in total. The fraction of sp³-hybridized carbons (Fsp3) is 1.00. The zero-order chi connectivity index (χ0) is 13.5. The van der Waals surface area contributed by atoms with E-state index in [1.54, 1.807) is 0 Å². The van der Waals surface area contributed by atoms with Crippen LogP contribution in [0.4, 0.5) is 0 Å². The Hall–Kier alpha value is -0.0400. The van der Waals surface area contributed by atoms with Gasteiger partial charge in [0, 0.05) is 6.04 Å². The van der Waals surface area contributed by atoms with Gasteiger partial charge in [0.2, 0.25) is 0 Å². The SMILES string of the molecule is CCNC(CC1CCCCC1)C1CCCCC1CC. The van der Waals surface area contributed by atoms with Crippen LogP contribution in [0, 0.1) is 17.8 Å². The van der Waals surface area contributed by atoms with Crippen molar-refractivity contribution in [3.8, 4) is 0 Å². The predicted molar refractivity (Wildman–Crippen MR) is 84.4 cm³/mol. The summed E-state index contributed by atoms with van der Waals surface area (Å²) in [5.74, 6) is 3.00. The van der Waals surface area contributed by atoms with E-state index in [1.807, 2.05) is 0 Å². The molecule has 0 aromatic rings. The van der Waals surface area contributed by atoms with Gasteiger partial charge >= 0.3 is 0 Å². The first kappa shape index (κ1) is 15.4. The number of nitrogens with one attached hydrogen (secondary N) is 1. The van der Waals surface area contributed by atoms with Gasteiger partial charge in [-0.05, 0) is 37.1 Å². The van der Waals surface area contributed by atoms with Crippen LogP contribution in [0.1, 0.15) is 84.5 Å². The van der Waals surface area contributed by atoms with E-state index in [1.165, 1.54) is 70.6 Å². The molecule has 0 heterocycles. The summed E-state index contributed by atoms with van der Waals surface area (Å²) in [6.45, 7) is 5.86. The average molecular weight is 265 g/mol. The monoisotopic (exact) mass is 265 g/mol. The number of rotatable bonds is 6. The van der Waals surface area contributed by atoms with E-state index >= 15 is 0 Å². The highest BCUT2D eigenvalue weighted by Crippen LogP contribution is 2.38. The molecule has 1 heteroatoms. The molecule has 0 radical (unpaired) electrons. The van der Waals surface area contributed by atoms with Crippen molar-refractivity contribution in [1.29, 1.82) is 0 Å². The van der Waals surface area contributed by atoms with Crippen LogP contribution in [-0.2, 0) is 0 Å². The first-order valence-corrected chi connectivity index (χ1v) is 9.08. The summed E-state index contributed by atoms with van der Waals surface area (Å²) in [4.78, 5) is 0. The zero-order valence-corrected chi connectivity index (χ0v) is 13.3. The van der Waals surface area contributed by atoms with Crippen molar-refractivity contribution >= 4 is 0 Å². The van der Waals surface area contributed by atoms with Crippen molar-refractivity contribution in [3.63, 3.8) is 0 Å². The maximum atomic E-state index is 3.86. The summed E-state index contributed by atoms with van der Waals surface area (Å²) in [5.41, 5.74) is 0. The van der Waals surface area contributed by atoms with Gasteiger partial charge in [0.05, 0.1) is 0 Å². The van der Waals surface area contributed by atoms with Crippen LogP contribution in [-0.4, -0.2) is 12.6 Å². The van der Waals surface area contributed by atoms with E-state index in [4.69, 9.17) is 0 Å². The Labute approximate surface area is 120 Å². The van der Waals surface area contributed by atoms with Gasteiger partial charge in [-0.25, -0.2) is 0 Å². The maximum absolute atomic E-state index is 3.86. The van der Waals surface area contributed by atoms with E-state index in [-0.39, 0.29) is 0 Å². The average Bonchev–Trinajstić information content (AvgIpc) is 2.48. The molecule has 0 amide bonds. The smallest absolute Gasteiger partial charge is 0.0100 e. The van der Waals surface area contributed by atoms with E-state index in [2.05, 4.69) is 19.2 Å². The van der Waals surface area contributed by atoms with Crippen molar-refractivity contribution in [2.75, 3.05) is 6.54 Å². The molecule has 2 rings (SSSR count). The Kier molecular flexibility index (Phi) is 6.70. The molecule has 0 aromatic heterocycles. The van der Waals surface area contributed by atoms with Gasteiger partial charge in [-0.2, -0.15) is 0 Å². The first-order valence-electron chi connectivity index (χ1n) is 9.08. The molecule has 3 unspecified atom stereocenters. The number of hydrogen-bond acceptors (Lipinski definition) is 1. The lowest BCUT2D eigenvalue weighted by atomic mass is 9.71. The Balaban J connectivity index is 1.92. The fourth-order valence-corrected chi connectivity index (χ4v) is 4.73. The minimum absolute atomic E-state index is 0.818. The van der Waals surface area contributed by atoms with Crippen LogP contribution < -0.4 is 5.32 Å². The third-order valence-corrected chi connectivity index (χ3v) is 5.79. The van der Waals surface area contributed by atoms with Crippen LogP contribution in [0.25, 0.3) is 0 Å². The van der Waals surface area contributed by atoms with Crippen molar-refractivity contribution in [2.45, 2.75) is 90.5 Å². The van der Waals surface area contributed by atoms with Gasteiger partial charge in [0.1, 0.15) is 0 Å². The standard InChI is InChI=1S/C18H35N/c1-3-16-12-8-9-13-17(16)18(19-4-2)14-15-10-6-5-7-11-15/h15-19H,3-14H2,1-2H3. The van der Waals surface area contributed by atoms with E-state index < -0.39 is 0 Å². The minimum Gasteiger partial charge on any atom is -0.314 e. The van der Waals surface area contributed by atoms with Crippen molar-refractivity contribution < 1.29 is 0 Å². The summed E-state index contributed by atoms with van der Waals surface area (Å²) in [6, 6.07) is 0.818. The van der Waals surface area contributed by atoms with E-state index in [0.29, 0.717) is 0 Å². The summed E-state index contributed by atoms with van der Waals surface area (Å²) in [7, 11) is 0. The predicted octanol–water partition coefficient (Wildman–Crippen LogP) is 5.15. The highest BCUT2D eigenvalue weighted by Gasteiger charge is 2.31. The Morgan fingerprint density at radius 3 is 2.26 bits per heavy atom. The third-order valence-electron chi connectivity index (χ3n) is 5.79. The molecule has 0 aromatic carbocycles. The number of hydrogen-bond donors (Lipinski definition) is 1. The van der Waals surface area contributed by atoms with Crippen LogP contribution in [0.2, 0.25) is 0 Å². The van der Waals surface area contributed by atoms with Gasteiger partial charge in [-0.1, -0.05) is 71.6 Å². The van der Waals surface area contributed by atoms with Gasteiger partial charge in [-0.3, -0.25) is 0 Å². The fourth-order valence-electron chi connectivity index (χ4n) is 4.73. The topological polar surface area (TPSA) is 12.0 Å². The quantitative estimate of drug-likeness (QED) is 0.700. The second-order valence-corrected chi connectivity index (χ2v) is 7.02. The lowest BCUT2D eigenvalue weighted by molar-refractivity contribution is 0.149. The molecule has 2 aliphatic carbocycles. The highest BCUT2D eigenvalue weighted by molar-refractivity contribution is 4.86. The molecule has 2 fully saturated rings. The summed E-state index contributed by atoms with van der Waals surface area (Å²) >= 11 is 0. The third kappa shape index (κ3) is 4.48. The summed E-state index contributed by atoms with van der Waals surface area (Å²) < 4.78 is 0. The van der Waals surface area contributed by atoms with E-state index in [9.17, 15) is 0 Å². The second-order valence-electron chi connectivity index (χ2n) is 7.02. The van der Waals surface area contributed by atoms with Crippen molar-refractivity contribution in [3.05, 3.63) is 0 Å². The Morgan fingerprint density at radius 1 is 0.895 bits per heavy atom. The second kappa shape index (κ2) is 8.29. The van der Waals surface area contributed by atoms with Crippen LogP contribution in [0.5, 0.6) is 0 Å². The minimum atomic E-state index is 0.818. The van der Waals surface area contributed by atoms with Crippen molar-refractivity contribution in [2.24, 2.45) is 17.8 Å². The lowest BCUT2D eigenvalue weighted by Gasteiger charge is -2.39. The first-order chi connectivity index (χ1) is 9.35. The molecule has 3 atom stereocenters. The Morgan fingerprint density at radius 2 is 1.58 bits per heavy atom. The molecule has 19 heavy (non-hydrogen) atoms. The highest BCUT2D eigenvalue weighted by atomic mass is 14.9. The molecular formula is C18H35N. The molecule has 0 aliphatic heterocycles. The molecule has 2 aliphatic rings. The van der Waals surface area contributed by atoms with Crippen LogP contribution in [0.3, 0.4) is 0 Å². The van der Waals surface area contributed by atoms with Gasteiger partial charge < -0.3 is 5.32 Å². The van der Waals surface area contributed by atoms with Crippen LogP contribution in [0.15, 0.2) is 0 Å². The normalized spacial score (nSPS) is 31.3. The van der Waals surface area contributed by atoms with Gasteiger partial charge in [0.15, 0.2) is 0 Å². The molecular weight excluding hydrogens is 230 g/mol. The van der Waals surface area contributed by atoms with Gasteiger partial charge in [0.25, 0.3) is 0 Å². The molecule has 0 saturated heterocycles. The zero-order valence-electron chi connectivity index (χ0n) is 13.3. The van der Waals surface area contributed by atoms with Crippen LogP contribution >= 0.6 is 0 Å². The molecule has 2 saturated carbocycles. The lowest BCUT2D eigenvalue weighted by Crippen LogP contribution is -2.42. The Bertz CT molecular complexity index is 232. The molecule has 1 nitrogen and oxygen atoms in total.